The summed E-state index contributed by atoms with van der Waals surface area (Å²) in [4.78, 5) is 34.8. The number of ether oxygens (including phenoxy) is 1. The van der Waals surface area contributed by atoms with Crippen LogP contribution in [-0.2, 0) is 17.9 Å². The number of nitro benzene ring substituents is 1. The molecule has 0 fully saturated rings. The molecule has 148 valence electrons. The van der Waals surface area contributed by atoms with Crippen molar-refractivity contribution in [3.63, 3.8) is 0 Å². The number of carbonyl (C=O) groups is 1. The van der Waals surface area contributed by atoms with Crippen molar-refractivity contribution in [1.82, 2.24) is 15.1 Å². The van der Waals surface area contributed by atoms with E-state index in [1.54, 1.807) is 19.2 Å². The maximum Gasteiger partial charge on any atom is 0.270 e. The van der Waals surface area contributed by atoms with Crippen LogP contribution < -0.4 is 15.6 Å². The molecule has 3 aromatic rings. The SMILES string of the molecule is COc1ccccc1CNC(=O)Cn1nc(-c2cccc([N+](=O)[O-])c2)ccc1=O. The van der Waals surface area contributed by atoms with E-state index in [0.717, 1.165) is 10.2 Å². The predicted octanol–water partition coefficient (Wildman–Crippen LogP) is 2.14. The second-order valence-electron chi connectivity index (χ2n) is 6.11. The molecule has 1 aromatic heterocycles. The lowest BCUT2D eigenvalue weighted by molar-refractivity contribution is -0.384. The predicted molar refractivity (Wildman–Crippen MR) is 105 cm³/mol. The third-order valence-corrected chi connectivity index (χ3v) is 4.18. The average Bonchev–Trinajstić information content (AvgIpc) is 2.74. The van der Waals surface area contributed by atoms with E-state index in [2.05, 4.69) is 10.4 Å². The maximum absolute atomic E-state index is 12.3. The number of para-hydroxylation sites is 1. The molecule has 0 spiro atoms. The lowest BCUT2D eigenvalue weighted by atomic mass is 10.1. The zero-order valence-electron chi connectivity index (χ0n) is 15.6. The summed E-state index contributed by atoms with van der Waals surface area (Å²) in [5.41, 5.74) is 1.09. The molecule has 0 aliphatic heterocycles. The molecule has 1 heterocycles. The van der Waals surface area contributed by atoms with Crippen molar-refractivity contribution in [2.75, 3.05) is 7.11 Å². The fraction of sp³-hybridized carbons (Fsp3) is 0.150. The monoisotopic (exact) mass is 394 g/mol. The van der Waals surface area contributed by atoms with Crippen LogP contribution in [0.3, 0.4) is 0 Å². The summed E-state index contributed by atoms with van der Waals surface area (Å²) < 4.78 is 6.26. The molecule has 9 heteroatoms. The number of benzene rings is 2. The van der Waals surface area contributed by atoms with Crippen LogP contribution in [0, 0.1) is 10.1 Å². The highest BCUT2D eigenvalue weighted by Gasteiger charge is 2.11. The van der Waals surface area contributed by atoms with Gasteiger partial charge in [0.25, 0.3) is 11.2 Å². The number of nitrogens with one attached hydrogen (secondary N) is 1. The number of nitro groups is 1. The first kappa shape index (κ1) is 19.7. The van der Waals surface area contributed by atoms with Crippen LogP contribution in [0.4, 0.5) is 5.69 Å². The van der Waals surface area contributed by atoms with Gasteiger partial charge in [0, 0.05) is 35.9 Å². The first-order chi connectivity index (χ1) is 14.0. The Morgan fingerprint density at radius 1 is 1.17 bits per heavy atom. The first-order valence-electron chi connectivity index (χ1n) is 8.69. The molecule has 0 bridgehead atoms. The third kappa shape index (κ3) is 4.83. The third-order valence-electron chi connectivity index (χ3n) is 4.18. The van der Waals surface area contributed by atoms with E-state index in [1.165, 1.54) is 30.3 Å². The summed E-state index contributed by atoms with van der Waals surface area (Å²) in [6.45, 7) is -0.0427. The molecule has 2 aromatic carbocycles. The lowest BCUT2D eigenvalue weighted by Gasteiger charge is -2.10. The molecule has 29 heavy (non-hydrogen) atoms. The summed E-state index contributed by atoms with van der Waals surface area (Å²) in [5.74, 6) is 0.248. The van der Waals surface area contributed by atoms with Crippen LogP contribution in [0.2, 0.25) is 0 Å². The Hall–Kier alpha value is -4.01. The van der Waals surface area contributed by atoms with E-state index in [1.807, 2.05) is 18.2 Å². The molecule has 0 unspecified atom stereocenters. The Balaban J connectivity index is 1.75. The topological polar surface area (TPSA) is 116 Å². The molecular formula is C20H18N4O5. The van der Waals surface area contributed by atoms with Crippen LogP contribution in [0.25, 0.3) is 11.3 Å². The molecule has 0 aliphatic carbocycles. The average molecular weight is 394 g/mol. The maximum atomic E-state index is 12.3. The van der Waals surface area contributed by atoms with Gasteiger partial charge in [0.15, 0.2) is 0 Å². The Bertz CT molecular complexity index is 1110. The summed E-state index contributed by atoms with van der Waals surface area (Å²) in [6, 6.07) is 15.9. The van der Waals surface area contributed by atoms with E-state index in [9.17, 15) is 19.7 Å². The van der Waals surface area contributed by atoms with Gasteiger partial charge in [0.05, 0.1) is 17.7 Å². The molecule has 1 amide bonds. The summed E-state index contributed by atoms with van der Waals surface area (Å²) in [5, 5.41) is 17.8. The van der Waals surface area contributed by atoms with Crippen molar-refractivity contribution in [3.05, 3.63) is 86.7 Å². The van der Waals surface area contributed by atoms with Crippen molar-refractivity contribution in [2.45, 2.75) is 13.1 Å². The van der Waals surface area contributed by atoms with E-state index in [0.29, 0.717) is 17.0 Å². The zero-order valence-corrected chi connectivity index (χ0v) is 15.6. The van der Waals surface area contributed by atoms with E-state index in [-0.39, 0.29) is 18.8 Å². The minimum Gasteiger partial charge on any atom is -0.496 e. The van der Waals surface area contributed by atoms with Crippen LogP contribution in [0.1, 0.15) is 5.56 Å². The fourth-order valence-electron chi connectivity index (χ4n) is 2.73. The summed E-state index contributed by atoms with van der Waals surface area (Å²) in [7, 11) is 1.55. The van der Waals surface area contributed by atoms with Crippen LogP contribution in [0.15, 0.2) is 65.5 Å². The number of amides is 1. The Labute approximate surface area is 165 Å². The van der Waals surface area contributed by atoms with Gasteiger partial charge >= 0.3 is 0 Å². The minimum absolute atomic E-state index is 0.0865. The number of non-ortho nitro benzene ring substituents is 1. The molecule has 0 atom stereocenters. The van der Waals surface area contributed by atoms with Crippen LogP contribution >= 0.6 is 0 Å². The van der Waals surface area contributed by atoms with Gasteiger partial charge in [0.1, 0.15) is 12.3 Å². The fourth-order valence-corrected chi connectivity index (χ4v) is 2.73. The molecule has 9 nitrogen and oxygen atoms in total. The largest absolute Gasteiger partial charge is 0.496 e. The molecule has 3 rings (SSSR count). The van der Waals surface area contributed by atoms with Crippen molar-refractivity contribution < 1.29 is 14.5 Å². The van der Waals surface area contributed by atoms with Gasteiger partial charge in [-0.3, -0.25) is 19.7 Å². The number of nitrogens with zero attached hydrogens (tertiary/aromatic N) is 3. The van der Waals surface area contributed by atoms with Crippen molar-refractivity contribution in [1.29, 1.82) is 0 Å². The van der Waals surface area contributed by atoms with Gasteiger partial charge in [-0.15, -0.1) is 0 Å². The van der Waals surface area contributed by atoms with Crippen LogP contribution in [0.5, 0.6) is 5.75 Å². The van der Waals surface area contributed by atoms with Crippen LogP contribution in [-0.4, -0.2) is 27.7 Å². The van der Waals surface area contributed by atoms with E-state index in [4.69, 9.17) is 4.74 Å². The molecule has 0 radical (unpaired) electrons. The van der Waals surface area contributed by atoms with Gasteiger partial charge in [-0.05, 0) is 12.1 Å². The first-order valence-corrected chi connectivity index (χ1v) is 8.69. The van der Waals surface area contributed by atoms with E-state index >= 15 is 0 Å². The smallest absolute Gasteiger partial charge is 0.270 e. The van der Waals surface area contributed by atoms with Gasteiger partial charge < -0.3 is 10.1 Å². The number of methoxy groups -OCH3 is 1. The number of hydrogen-bond acceptors (Lipinski definition) is 6. The number of carbonyl (C=O) groups excluding carboxylic acids is 1. The standard InChI is InChI=1S/C20H18N4O5/c1-29-18-8-3-2-5-15(18)12-21-19(25)13-23-20(26)10-9-17(22-23)14-6-4-7-16(11-14)24(27)28/h2-11H,12-13H2,1H3,(H,21,25). The summed E-state index contributed by atoms with van der Waals surface area (Å²) >= 11 is 0. The highest BCUT2D eigenvalue weighted by Crippen LogP contribution is 2.21. The van der Waals surface area contributed by atoms with Crippen molar-refractivity contribution >= 4 is 11.6 Å². The minimum atomic E-state index is -0.509. The molecule has 0 aliphatic rings. The van der Waals surface area contributed by atoms with Gasteiger partial charge in [-0.25, -0.2) is 4.68 Å². The summed E-state index contributed by atoms with van der Waals surface area (Å²) in [6.07, 6.45) is 0. The molecule has 1 N–H and O–H groups in total. The molecule has 0 saturated carbocycles. The Kier molecular flexibility index (Phi) is 5.98. The number of aromatic nitrogens is 2. The number of hydrogen-bond donors (Lipinski definition) is 1. The molecular weight excluding hydrogens is 376 g/mol. The van der Waals surface area contributed by atoms with Gasteiger partial charge in [-0.1, -0.05) is 30.3 Å². The number of rotatable bonds is 7. The lowest BCUT2D eigenvalue weighted by Crippen LogP contribution is -2.33. The second-order valence-corrected chi connectivity index (χ2v) is 6.11. The Morgan fingerprint density at radius 3 is 2.72 bits per heavy atom. The van der Waals surface area contributed by atoms with Gasteiger partial charge in [0.2, 0.25) is 5.91 Å². The highest BCUT2D eigenvalue weighted by atomic mass is 16.6. The second kappa shape index (κ2) is 8.79. The quantitative estimate of drug-likeness (QED) is 0.485. The van der Waals surface area contributed by atoms with Gasteiger partial charge in [-0.2, -0.15) is 5.10 Å². The Morgan fingerprint density at radius 2 is 1.97 bits per heavy atom. The molecule has 0 saturated heterocycles. The van der Waals surface area contributed by atoms with E-state index < -0.39 is 16.4 Å². The zero-order chi connectivity index (χ0) is 20.8. The van der Waals surface area contributed by atoms with Crippen molar-refractivity contribution in [2.24, 2.45) is 0 Å². The highest BCUT2D eigenvalue weighted by molar-refractivity contribution is 5.75. The van der Waals surface area contributed by atoms with Crippen molar-refractivity contribution in [3.8, 4) is 17.0 Å². The normalized spacial score (nSPS) is 10.4.